The number of benzene rings is 1. The van der Waals surface area contributed by atoms with Crippen molar-refractivity contribution >= 4 is 45.6 Å². The van der Waals surface area contributed by atoms with E-state index in [-0.39, 0.29) is 36.3 Å². The van der Waals surface area contributed by atoms with Gasteiger partial charge in [0.1, 0.15) is 11.6 Å². The van der Waals surface area contributed by atoms with E-state index in [1.54, 1.807) is 7.05 Å². The molecule has 0 bridgehead atoms. The Labute approximate surface area is 206 Å². The second-order valence-electron chi connectivity index (χ2n) is 7.83. The van der Waals surface area contributed by atoms with E-state index >= 15 is 0 Å². The summed E-state index contributed by atoms with van der Waals surface area (Å²) in [5.41, 5.74) is 2.25. The molecule has 0 saturated carbocycles. The number of guanidine groups is 1. The number of sulfone groups is 1. The fourth-order valence-corrected chi connectivity index (χ4v) is 4.48. The highest BCUT2D eigenvalue weighted by atomic mass is 127. The van der Waals surface area contributed by atoms with Gasteiger partial charge in [0.05, 0.1) is 5.75 Å². The molecule has 2 aromatic rings. The van der Waals surface area contributed by atoms with E-state index in [1.165, 1.54) is 43.7 Å². The van der Waals surface area contributed by atoms with Crippen LogP contribution in [0.3, 0.4) is 0 Å². The summed E-state index contributed by atoms with van der Waals surface area (Å²) >= 11 is 0. The van der Waals surface area contributed by atoms with Crippen molar-refractivity contribution in [3.63, 3.8) is 0 Å². The van der Waals surface area contributed by atoms with Crippen molar-refractivity contribution in [2.24, 2.45) is 4.99 Å². The molecule has 1 aliphatic rings. The molecule has 10 heteroatoms. The zero-order valence-electron chi connectivity index (χ0n) is 18.5. The lowest BCUT2D eigenvalue weighted by atomic mass is 10.1. The molecule has 0 atom stereocenters. The van der Waals surface area contributed by atoms with Gasteiger partial charge in [0.15, 0.2) is 15.8 Å². The van der Waals surface area contributed by atoms with E-state index in [0.29, 0.717) is 23.6 Å². The molecular formula is C22H31FIN5O2S. The van der Waals surface area contributed by atoms with Gasteiger partial charge in [-0.3, -0.25) is 4.99 Å². The molecule has 1 aliphatic heterocycles. The number of aromatic nitrogens is 1. The van der Waals surface area contributed by atoms with Crippen molar-refractivity contribution in [2.45, 2.75) is 38.1 Å². The minimum Gasteiger partial charge on any atom is -0.357 e. The fourth-order valence-electron chi connectivity index (χ4n) is 3.63. The van der Waals surface area contributed by atoms with Crippen molar-refractivity contribution in [1.82, 2.24) is 15.6 Å². The van der Waals surface area contributed by atoms with Crippen LogP contribution in [-0.4, -0.2) is 45.8 Å². The summed E-state index contributed by atoms with van der Waals surface area (Å²) in [5, 5.41) is 6.39. The number of aliphatic imine (C=N–C) groups is 1. The van der Waals surface area contributed by atoms with Gasteiger partial charge in [-0.05, 0) is 60.2 Å². The highest BCUT2D eigenvalue weighted by Gasteiger charge is 2.13. The van der Waals surface area contributed by atoms with Crippen LogP contribution in [0.2, 0.25) is 0 Å². The highest BCUT2D eigenvalue weighted by Crippen LogP contribution is 2.18. The van der Waals surface area contributed by atoms with Gasteiger partial charge in [-0.15, -0.1) is 24.0 Å². The minimum absolute atomic E-state index is 0. The smallest absolute Gasteiger partial charge is 0.191 e. The molecule has 3 rings (SSSR count). The Bertz CT molecular complexity index is 1030. The largest absolute Gasteiger partial charge is 0.357 e. The number of hydrogen-bond donors (Lipinski definition) is 2. The molecule has 2 heterocycles. The van der Waals surface area contributed by atoms with E-state index in [9.17, 15) is 12.8 Å². The monoisotopic (exact) mass is 575 g/mol. The van der Waals surface area contributed by atoms with Crippen molar-refractivity contribution < 1.29 is 12.8 Å². The fraction of sp³-hybridized carbons (Fsp3) is 0.455. The molecule has 0 unspecified atom stereocenters. The van der Waals surface area contributed by atoms with Crippen LogP contribution < -0.4 is 15.5 Å². The summed E-state index contributed by atoms with van der Waals surface area (Å²) in [6.07, 6.45) is 6.66. The van der Waals surface area contributed by atoms with Crippen molar-refractivity contribution in [3.05, 3.63) is 59.0 Å². The number of anilines is 1. The summed E-state index contributed by atoms with van der Waals surface area (Å²) in [5.74, 6) is 1.00. The third-order valence-electron chi connectivity index (χ3n) is 5.21. The first-order valence-corrected chi connectivity index (χ1v) is 12.5. The van der Waals surface area contributed by atoms with Gasteiger partial charge in [0, 0.05) is 45.7 Å². The second kappa shape index (κ2) is 12.3. The number of hydrogen-bond acceptors (Lipinski definition) is 5. The lowest BCUT2D eigenvalue weighted by Crippen LogP contribution is -2.36. The average molecular weight is 575 g/mol. The third kappa shape index (κ3) is 8.19. The molecule has 1 aromatic carbocycles. The molecule has 7 nitrogen and oxygen atoms in total. The van der Waals surface area contributed by atoms with Crippen LogP contribution in [0, 0.1) is 5.82 Å². The predicted octanol–water partition coefficient (Wildman–Crippen LogP) is 3.24. The highest BCUT2D eigenvalue weighted by molar-refractivity contribution is 14.0. The second-order valence-corrected chi connectivity index (χ2v) is 9.97. The molecule has 0 radical (unpaired) electrons. The Morgan fingerprint density at radius 3 is 2.50 bits per heavy atom. The quantitative estimate of drug-likeness (QED) is 0.300. The Balaban J connectivity index is 0.00000363. The average Bonchev–Trinajstić information content (AvgIpc) is 2.75. The zero-order chi connectivity index (χ0) is 22.3. The first-order valence-electron chi connectivity index (χ1n) is 10.4. The van der Waals surface area contributed by atoms with Crippen LogP contribution in [0.5, 0.6) is 0 Å². The van der Waals surface area contributed by atoms with Crippen molar-refractivity contribution in [2.75, 3.05) is 31.3 Å². The Morgan fingerprint density at radius 1 is 1.09 bits per heavy atom. The molecule has 1 saturated heterocycles. The summed E-state index contributed by atoms with van der Waals surface area (Å²) in [7, 11) is -1.57. The van der Waals surface area contributed by atoms with Crippen LogP contribution in [0.25, 0.3) is 0 Å². The SMILES string of the molecule is CN=C(NCc1ccnc(N2CCCCC2)c1)NCc1cc(F)ccc1CS(C)(=O)=O.I. The van der Waals surface area contributed by atoms with E-state index in [0.717, 1.165) is 24.5 Å². The Hall–Kier alpha value is -1.95. The molecule has 32 heavy (non-hydrogen) atoms. The van der Waals surface area contributed by atoms with E-state index in [2.05, 4.69) is 31.6 Å². The van der Waals surface area contributed by atoms with E-state index in [1.807, 2.05) is 12.3 Å². The van der Waals surface area contributed by atoms with Gasteiger partial charge in [0.2, 0.25) is 0 Å². The van der Waals surface area contributed by atoms with Gasteiger partial charge < -0.3 is 15.5 Å². The molecule has 1 fully saturated rings. The number of nitrogens with zero attached hydrogens (tertiary/aromatic N) is 3. The zero-order valence-corrected chi connectivity index (χ0v) is 21.6. The number of nitrogens with one attached hydrogen (secondary N) is 2. The van der Waals surface area contributed by atoms with E-state index < -0.39 is 15.7 Å². The van der Waals surface area contributed by atoms with Crippen LogP contribution >= 0.6 is 24.0 Å². The molecule has 0 amide bonds. The van der Waals surface area contributed by atoms with Crippen LogP contribution in [0.15, 0.2) is 41.5 Å². The topological polar surface area (TPSA) is 86.7 Å². The Morgan fingerprint density at radius 2 is 1.81 bits per heavy atom. The van der Waals surface area contributed by atoms with Crippen molar-refractivity contribution in [3.8, 4) is 0 Å². The number of piperidine rings is 1. The number of pyridine rings is 1. The number of halogens is 2. The standard InChI is InChI=1S/C22H30FN5O2S.HI/c1-24-22(27-15-19-13-20(23)7-6-18(19)16-31(2,29)30)26-14-17-8-9-25-21(12-17)28-10-4-3-5-11-28;/h6-9,12-13H,3-5,10-11,14-16H2,1-2H3,(H2,24,26,27);1H. The molecule has 1 aromatic heterocycles. The first-order chi connectivity index (χ1) is 14.8. The maximum atomic E-state index is 13.7. The van der Waals surface area contributed by atoms with Crippen LogP contribution in [0.1, 0.15) is 36.0 Å². The summed E-state index contributed by atoms with van der Waals surface area (Å²) in [6, 6.07) is 8.20. The lowest BCUT2D eigenvalue weighted by Gasteiger charge is -2.28. The molecule has 0 aliphatic carbocycles. The summed E-state index contributed by atoms with van der Waals surface area (Å²) < 4.78 is 37.1. The summed E-state index contributed by atoms with van der Waals surface area (Å²) in [4.78, 5) is 11.0. The van der Waals surface area contributed by atoms with Crippen molar-refractivity contribution in [1.29, 1.82) is 0 Å². The lowest BCUT2D eigenvalue weighted by molar-refractivity contribution is 0.573. The van der Waals surface area contributed by atoms with Gasteiger partial charge in [-0.1, -0.05) is 6.07 Å². The Kier molecular flexibility index (Phi) is 10.1. The molecule has 2 N–H and O–H groups in total. The normalized spacial score (nSPS) is 14.6. The molecule has 176 valence electrons. The third-order valence-corrected chi connectivity index (χ3v) is 6.04. The predicted molar refractivity (Wildman–Crippen MR) is 138 cm³/mol. The summed E-state index contributed by atoms with van der Waals surface area (Å²) in [6.45, 7) is 2.90. The van der Waals surface area contributed by atoms with Gasteiger partial charge >= 0.3 is 0 Å². The van der Waals surface area contributed by atoms with Crippen LogP contribution in [-0.2, 0) is 28.7 Å². The number of rotatable bonds is 7. The molecule has 0 spiro atoms. The van der Waals surface area contributed by atoms with Gasteiger partial charge in [0.25, 0.3) is 0 Å². The minimum atomic E-state index is -3.22. The molecular weight excluding hydrogens is 544 g/mol. The van der Waals surface area contributed by atoms with Crippen LogP contribution in [0.4, 0.5) is 10.2 Å². The maximum absolute atomic E-state index is 13.7. The first kappa shape index (κ1) is 26.3. The van der Waals surface area contributed by atoms with Gasteiger partial charge in [-0.2, -0.15) is 0 Å². The van der Waals surface area contributed by atoms with Gasteiger partial charge in [-0.25, -0.2) is 17.8 Å². The maximum Gasteiger partial charge on any atom is 0.191 e. The van der Waals surface area contributed by atoms with E-state index in [4.69, 9.17) is 0 Å².